The van der Waals surface area contributed by atoms with Crippen LogP contribution in [0.3, 0.4) is 0 Å². The lowest BCUT2D eigenvalue weighted by atomic mass is 10.00. The summed E-state index contributed by atoms with van der Waals surface area (Å²) < 4.78 is 0. The number of Topliss-reactive ketones (excluding diaryl/α,β-unsaturated/α-hetero) is 2. The summed E-state index contributed by atoms with van der Waals surface area (Å²) in [7, 11) is 0. The molecular weight excluding hydrogens is 192 g/mol. The molecule has 1 aromatic rings. The van der Waals surface area contributed by atoms with Gasteiger partial charge < -0.3 is 0 Å². The third kappa shape index (κ3) is 2.09. The number of carbonyl (C=O) groups excluding carboxylic acids is 2. The minimum absolute atomic E-state index is 0.0219. The highest BCUT2D eigenvalue weighted by Gasteiger charge is 2.29. The third-order valence-corrected chi connectivity index (χ3v) is 2.64. The lowest BCUT2D eigenvalue weighted by Crippen LogP contribution is -2.14. The van der Waals surface area contributed by atoms with Gasteiger partial charge in [-0.3, -0.25) is 9.59 Å². The fourth-order valence-corrected chi connectivity index (χ4v) is 1.84. The Kier molecular flexibility index (Phi) is 2.58. The Bertz CT molecular complexity index is 415. The van der Waals surface area contributed by atoms with Crippen LogP contribution in [-0.2, 0) is 4.79 Å². The Labute approximate surface area is 87.7 Å². The largest absolute Gasteiger partial charge is 0.300 e. The first kappa shape index (κ1) is 9.96. The molecule has 1 unspecified atom stereocenters. The Morgan fingerprint density at radius 3 is 2.93 bits per heavy atom. The van der Waals surface area contributed by atoms with Gasteiger partial charge in [0.25, 0.3) is 0 Å². The van der Waals surface area contributed by atoms with E-state index in [1.807, 2.05) is 0 Å². The molecule has 0 saturated heterocycles. The van der Waals surface area contributed by atoms with Gasteiger partial charge in [-0.25, -0.2) is 9.97 Å². The smallest absolute Gasteiger partial charge is 0.184 e. The van der Waals surface area contributed by atoms with Crippen LogP contribution >= 0.6 is 0 Å². The van der Waals surface area contributed by atoms with Crippen LogP contribution in [0.5, 0.6) is 0 Å². The molecule has 1 heterocycles. The summed E-state index contributed by atoms with van der Waals surface area (Å²) in [5, 5.41) is 0. The molecule has 1 saturated carbocycles. The summed E-state index contributed by atoms with van der Waals surface area (Å²) >= 11 is 0. The van der Waals surface area contributed by atoms with Crippen LogP contribution in [0.25, 0.3) is 0 Å². The molecule has 4 nitrogen and oxygen atoms in total. The zero-order valence-electron chi connectivity index (χ0n) is 8.56. The van der Waals surface area contributed by atoms with E-state index in [2.05, 4.69) is 9.97 Å². The number of ketones is 2. The van der Waals surface area contributed by atoms with Crippen LogP contribution in [0, 0.1) is 12.8 Å². The monoisotopic (exact) mass is 204 g/mol. The topological polar surface area (TPSA) is 59.9 Å². The van der Waals surface area contributed by atoms with E-state index in [-0.39, 0.29) is 17.5 Å². The Morgan fingerprint density at radius 1 is 1.53 bits per heavy atom. The normalized spacial score (nSPS) is 20.6. The lowest BCUT2D eigenvalue weighted by Gasteiger charge is -2.05. The molecule has 2 rings (SSSR count). The molecule has 4 heteroatoms. The molecule has 0 amide bonds. The first-order chi connectivity index (χ1) is 7.16. The van der Waals surface area contributed by atoms with Crippen molar-refractivity contribution in [2.75, 3.05) is 0 Å². The molecule has 15 heavy (non-hydrogen) atoms. The van der Waals surface area contributed by atoms with E-state index in [4.69, 9.17) is 0 Å². The van der Waals surface area contributed by atoms with Crippen molar-refractivity contribution in [2.45, 2.75) is 26.2 Å². The Balaban J connectivity index is 2.17. The van der Waals surface area contributed by atoms with Gasteiger partial charge in [-0.2, -0.15) is 0 Å². The highest BCUT2D eigenvalue weighted by atomic mass is 16.1. The molecule has 0 aliphatic heterocycles. The van der Waals surface area contributed by atoms with E-state index >= 15 is 0 Å². The number of rotatable bonds is 2. The van der Waals surface area contributed by atoms with Crippen LogP contribution in [0.4, 0.5) is 0 Å². The predicted octanol–water partition coefficient (Wildman–Crippen LogP) is 1.34. The average molecular weight is 204 g/mol. The molecule has 1 aliphatic rings. The van der Waals surface area contributed by atoms with E-state index in [0.717, 1.165) is 0 Å². The van der Waals surface area contributed by atoms with Crippen molar-refractivity contribution in [2.24, 2.45) is 5.92 Å². The molecule has 78 valence electrons. The number of nitrogens with zero attached hydrogens (tertiary/aromatic N) is 2. The molecule has 1 aliphatic carbocycles. The summed E-state index contributed by atoms with van der Waals surface area (Å²) in [6.45, 7) is 1.75. The fourth-order valence-electron chi connectivity index (χ4n) is 1.84. The van der Waals surface area contributed by atoms with Crippen LogP contribution in [0.15, 0.2) is 12.3 Å². The fraction of sp³-hybridized carbons (Fsp3) is 0.455. The molecule has 0 N–H and O–H groups in total. The van der Waals surface area contributed by atoms with E-state index in [1.54, 1.807) is 19.2 Å². The molecule has 0 bridgehead atoms. The summed E-state index contributed by atoms with van der Waals surface area (Å²) in [6, 6.07) is 1.61. The molecule has 1 fully saturated rings. The maximum atomic E-state index is 11.9. The zero-order chi connectivity index (χ0) is 10.8. The first-order valence-electron chi connectivity index (χ1n) is 5.02. The van der Waals surface area contributed by atoms with E-state index < -0.39 is 0 Å². The SMILES string of the molecule is Cc1nccc(C(=O)C2CCC(=O)C2)n1. The lowest BCUT2D eigenvalue weighted by molar-refractivity contribution is -0.117. The van der Waals surface area contributed by atoms with Gasteiger partial charge in [0, 0.05) is 25.0 Å². The third-order valence-electron chi connectivity index (χ3n) is 2.64. The van der Waals surface area contributed by atoms with Crippen molar-refractivity contribution in [3.63, 3.8) is 0 Å². The van der Waals surface area contributed by atoms with Gasteiger partial charge in [0.2, 0.25) is 0 Å². The molecule has 0 radical (unpaired) electrons. The molecular formula is C11H12N2O2. The molecule has 0 spiro atoms. The van der Waals surface area contributed by atoms with Crippen molar-refractivity contribution >= 4 is 11.6 Å². The van der Waals surface area contributed by atoms with Gasteiger partial charge in [0.15, 0.2) is 5.78 Å². The van der Waals surface area contributed by atoms with Crippen molar-refractivity contribution in [1.82, 2.24) is 9.97 Å². The van der Waals surface area contributed by atoms with Crippen LogP contribution < -0.4 is 0 Å². The molecule has 1 atom stereocenters. The number of hydrogen-bond donors (Lipinski definition) is 0. The van der Waals surface area contributed by atoms with Gasteiger partial charge in [-0.15, -0.1) is 0 Å². The second-order valence-electron chi connectivity index (χ2n) is 3.83. The second kappa shape index (κ2) is 3.88. The molecule has 0 aromatic carbocycles. The summed E-state index contributed by atoms with van der Waals surface area (Å²) in [5.74, 6) is 0.586. The highest BCUT2D eigenvalue weighted by molar-refractivity contribution is 6.00. The van der Waals surface area contributed by atoms with Gasteiger partial charge in [0.05, 0.1) is 0 Å². The number of aryl methyl sites for hydroxylation is 1. The van der Waals surface area contributed by atoms with Gasteiger partial charge >= 0.3 is 0 Å². The number of carbonyl (C=O) groups is 2. The molecule has 1 aromatic heterocycles. The second-order valence-corrected chi connectivity index (χ2v) is 3.83. The maximum absolute atomic E-state index is 11.9. The highest BCUT2D eigenvalue weighted by Crippen LogP contribution is 2.24. The van der Waals surface area contributed by atoms with Gasteiger partial charge in [0.1, 0.15) is 17.3 Å². The summed E-state index contributed by atoms with van der Waals surface area (Å²) in [5.41, 5.74) is 0.433. The quantitative estimate of drug-likeness (QED) is 0.682. The Hall–Kier alpha value is -1.58. The predicted molar refractivity (Wildman–Crippen MR) is 53.4 cm³/mol. The van der Waals surface area contributed by atoms with Crippen molar-refractivity contribution in [3.05, 3.63) is 23.8 Å². The van der Waals surface area contributed by atoms with Gasteiger partial charge in [-0.1, -0.05) is 0 Å². The minimum atomic E-state index is -0.160. The van der Waals surface area contributed by atoms with E-state index in [9.17, 15) is 9.59 Å². The number of aromatic nitrogens is 2. The zero-order valence-corrected chi connectivity index (χ0v) is 8.56. The first-order valence-corrected chi connectivity index (χ1v) is 5.02. The van der Waals surface area contributed by atoms with Crippen molar-refractivity contribution < 1.29 is 9.59 Å². The summed E-state index contributed by atoms with van der Waals surface area (Å²) in [4.78, 5) is 31.0. The van der Waals surface area contributed by atoms with Gasteiger partial charge in [-0.05, 0) is 19.4 Å². The van der Waals surface area contributed by atoms with Crippen LogP contribution in [-0.4, -0.2) is 21.5 Å². The van der Waals surface area contributed by atoms with E-state index in [1.165, 1.54) is 0 Å². The Morgan fingerprint density at radius 2 is 2.33 bits per heavy atom. The number of hydrogen-bond acceptors (Lipinski definition) is 4. The van der Waals surface area contributed by atoms with Crippen molar-refractivity contribution in [1.29, 1.82) is 0 Å². The van der Waals surface area contributed by atoms with E-state index in [0.29, 0.717) is 30.8 Å². The maximum Gasteiger partial charge on any atom is 0.184 e. The minimum Gasteiger partial charge on any atom is -0.300 e. The standard InChI is InChI=1S/C11H12N2O2/c1-7-12-5-4-10(13-7)11(15)8-2-3-9(14)6-8/h4-5,8H,2-3,6H2,1H3. The van der Waals surface area contributed by atoms with Crippen LogP contribution in [0.1, 0.15) is 35.6 Å². The summed E-state index contributed by atoms with van der Waals surface area (Å²) in [6.07, 6.45) is 3.15. The van der Waals surface area contributed by atoms with Crippen LogP contribution in [0.2, 0.25) is 0 Å². The van der Waals surface area contributed by atoms with Crippen molar-refractivity contribution in [3.8, 4) is 0 Å². The average Bonchev–Trinajstić information content (AvgIpc) is 2.64.